The van der Waals surface area contributed by atoms with Crippen molar-refractivity contribution < 1.29 is 19.1 Å². The van der Waals surface area contributed by atoms with Crippen LogP contribution in [0.2, 0.25) is 0 Å². The van der Waals surface area contributed by atoms with E-state index in [1.807, 2.05) is 25.1 Å². The number of ether oxygens (including phenoxy) is 2. The fraction of sp³-hybridized carbons (Fsp3) is 0.300. The van der Waals surface area contributed by atoms with E-state index in [0.29, 0.717) is 24.5 Å². The van der Waals surface area contributed by atoms with Crippen molar-refractivity contribution >= 4 is 17.5 Å². The second-order valence-electron chi connectivity index (χ2n) is 6.44. The number of rotatable bonds is 6. The predicted octanol–water partition coefficient (Wildman–Crippen LogP) is 2.23. The van der Waals surface area contributed by atoms with Gasteiger partial charge in [-0.1, -0.05) is 6.07 Å². The summed E-state index contributed by atoms with van der Waals surface area (Å²) in [6.07, 6.45) is 0. The standard InChI is InChI=1S/C20H23N3O4/c1-12(15-5-8-17-18(11-15)27-10-9-26-17)22-13(2)20(25)23-16-6-3-14(4-7-16)19(21)24/h3-8,11-13,22H,9-10H2,1-2H3,(H2,21,24)(H,23,25). The van der Waals surface area contributed by atoms with Gasteiger partial charge in [-0.3, -0.25) is 14.9 Å². The highest BCUT2D eigenvalue weighted by atomic mass is 16.6. The quantitative estimate of drug-likeness (QED) is 0.725. The fourth-order valence-corrected chi connectivity index (χ4v) is 2.84. The van der Waals surface area contributed by atoms with Crippen LogP contribution in [0.1, 0.15) is 35.8 Å². The van der Waals surface area contributed by atoms with E-state index in [1.54, 1.807) is 31.2 Å². The first-order chi connectivity index (χ1) is 12.9. The van der Waals surface area contributed by atoms with Gasteiger partial charge in [-0.15, -0.1) is 0 Å². The molecule has 142 valence electrons. The molecule has 1 aliphatic rings. The molecule has 2 amide bonds. The van der Waals surface area contributed by atoms with Crippen molar-refractivity contribution in [3.63, 3.8) is 0 Å². The van der Waals surface area contributed by atoms with Crippen molar-refractivity contribution in [2.24, 2.45) is 5.73 Å². The van der Waals surface area contributed by atoms with Gasteiger partial charge in [-0.2, -0.15) is 0 Å². The average Bonchev–Trinajstić information content (AvgIpc) is 2.67. The Balaban J connectivity index is 1.59. The normalized spacial score (nSPS) is 14.9. The summed E-state index contributed by atoms with van der Waals surface area (Å²) in [7, 11) is 0. The van der Waals surface area contributed by atoms with Crippen LogP contribution in [0, 0.1) is 0 Å². The van der Waals surface area contributed by atoms with E-state index in [1.165, 1.54) is 0 Å². The highest BCUT2D eigenvalue weighted by Gasteiger charge is 2.19. The summed E-state index contributed by atoms with van der Waals surface area (Å²) in [6, 6.07) is 11.7. The molecule has 1 aliphatic heterocycles. The van der Waals surface area contributed by atoms with Gasteiger partial charge in [0.15, 0.2) is 11.5 Å². The lowest BCUT2D eigenvalue weighted by Gasteiger charge is -2.23. The molecule has 0 radical (unpaired) electrons. The molecule has 0 saturated heterocycles. The van der Waals surface area contributed by atoms with Crippen molar-refractivity contribution in [2.75, 3.05) is 18.5 Å². The van der Waals surface area contributed by atoms with Gasteiger partial charge < -0.3 is 20.5 Å². The van der Waals surface area contributed by atoms with Gasteiger partial charge in [0, 0.05) is 17.3 Å². The Morgan fingerprint density at radius 1 is 1.00 bits per heavy atom. The number of fused-ring (bicyclic) bond motifs is 1. The molecule has 0 spiro atoms. The smallest absolute Gasteiger partial charge is 0.248 e. The first-order valence-corrected chi connectivity index (χ1v) is 8.80. The van der Waals surface area contributed by atoms with Crippen LogP contribution in [0.3, 0.4) is 0 Å². The molecule has 0 aliphatic carbocycles. The summed E-state index contributed by atoms with van der Waals surface area (Å²) in [5, 5.41) is 6.09. The molecular weight excluding hydrogens is 346 g/mol. The second-order valence-corrected chi connectivity index (χ2v) is 6.44. The van der Waals surface area contributed by atoms with Gasteiger partial charge in [0.05, 0.1) is 6.04 Å². The molecule has 0 saturated carbocycles. The third kappa shape index (κ3) is 4.57. The molecule has 0 bridgehead atoms. The monoisotopic (exact) mass is 369 g/mol. The number of hydrogen-bond acceptors (Lipinski definition) is 5. The summed E-state index contributed by atoms with van der Waals surface area (Å²) >= 11 is 0. The molecule has 2 aromatic carbocycles. The maximum atomic E-state index is 12.4. The van der Waals surface area contributed by atoms with E-state index < -0.39 is 11.9 Å². The van der Waals surface area contributed by atoms with Crippen molar-refractivity contribution in [1.82, 2.24) is 5.32 Å². The first kappa shape index (κ1) is 18.7. The van der Waals surface area contributed by atoms with Gasteiger partial charge in [0.25, 0.3) is 0 Å². The van der Waals surface area contributed by atoms with Crippen LogP contribution in [-0.4, -0.2) is 31.1 Å². The average molecular weight is 369 g/mol. The molecule has 2 unspecified atom stereocenters. The Labute approximate surface area is 157 Å². The Bertz CT molecular complexity index is 836. The van der Waals surface area contributed by atoms with Crippen LogP contribution in [-0.2, 0) is 4.79 Å². The van der Waals surface area contributed by atoms with Crippen molar-refractivity contribution in [3.8, 4) is 11.5 Å². The van der Waals surface area contributed by atoms with Crippen molar-refractivity contribution in [1.29, 1.82) is 0 Å². The molecule has 27 heavy (non-hydrogen) atoms. The molecule has 3 rings (SSSR count). The number of anilines is 1. The van der Waals surface area contributed by atoms with Crippen LogP contribution in [0.25, 0.3) is 0 Å². The van der Waals surface area contributed by atoms with Crippen LogP contribution in [0.4, 0.5) is 5.69 Å². The Hall–Kier alpha value is -3.06. The van der Waals surface area contributed by atoms with Gasteiger partial charge in [0.1, 0.15) is 13.2 Å². The third-order valence-corrected chi connectivity index (χ3v) is 4.40. The minimum Gasteiger partial charge on any atom is -0.486 e. The first-order valence-electron chi connectivity index (χ1n) is 8.80. The number of carbonyl (C=O) groups excluding carboxylic acids is 2. The SMILES string of the molecule is CC(NC(C)c1ccc2c(c1)OCCO2)C(=O)Nc1ccc(C(N)=O)cc1. The zero-order valence-corrected chi connectivity index (χ0v) is 15.3. The van der Waals surface area contributed by atoms with E-state index in [-0.39, 0.29) is 11.9 Å². The summed E-state index contributed by atoms with van der Waals surface area (Å²) < 4.78 is 11.1. The van der Waals surface area contributed by atoms with Crippen LogP contribution >= 0.6 is 0 Å². The summed E-state index contributed by atoms with van der Waals surface area (Å²) in [5.74, 6) is 0.781. The van der Waals surface area contributed by atoms with E-state index in [0.717, 1.165) is 17.1 Å². The van der Waals surface area contributed by atoms with E-state index >= 15 is 0 Å². The van der Waals surface area contributed by atoms with Crippen LogP contribution in [0.5, 0.6) is 11.5 Å². The van der Waals surface area contributed by atoms with Gasteiger partial charge in [0.2, 0.25) is 11.8 Å². The topological polar surface area (TPSA) is 103 Å². The molecule has 2 aromatic rings. The molecule has 1 heterocycles. The Morgan fingerprint density at radius 2 is 1.67 bits per heavy atom. The number of nitrogens with one attached hydrogen (secondary N) is 2. The number of primary amides is 1. The summed E-state index contributed by atoms with van der Waals surface area (Å²) in [4.78, 5) is 23.5. The van der Waals surface area contributed by atoms with Crippen LogP contribution < -0.4 is 25.8 Å². The zero-order valence-electron chi connectivity index (χ0n) is 15.3. The number of benzene rings is 2. The molecule has 7 heteroatoms. The number of hydrogen-bond donors (Lipinski definition) is 3. The highest BCUT2D eigenvalue weighted by Crippen LogP contribution is 2.32. The highest BCUT2D eigenvalue weighted by molar-refractivity contribution is 5.96. The Morgan fingerprint density at radius 3 is 2.33 bits per heavy atom. The molecule has 0 aromatic heterocycles. The Kier molecular flexibility index (Phi) is 5.61. The fourth-order valence-electron chi connectivity index (χ4n) is 2.84. The largest absolute Gasteiger partial charge is 0.486 e. The van der Waals surface area contributed by atoms with Crippen LogP contribution in [0.15, 0.2) is 42.5 Å². The van der Waals surface area contributed by atoms with E-state index in [2.05, 4.69) is 10.6 Å². The van der Waals surface area contributed by atoms with Gasteiger partial charge in [-0.25, -0.2) is 0 Å². The summed E-state index contributed by atoms with van der Waals surface area (Å²) in [5.41, 5.74) is 7.21. The minimum atomic E-state index is -0.504. The molecule has 0 fully saturated rings. The number of amides is 2. The van der Waals surface area contributed by atoms with Gasteiger partial charge >= 0.3 is 0 Å². The van der Waals surface area contributed by atoms with E-state index in [9.17, 15) is 9.59 Å². The maximum absolute atomic E-state index is 12.4. The lowest BCUT2D eigenvalue weighted by atomic mass is 10.1. The number of carbonyl (C=O) groups is 2. The van der Waals surface area contributed by atoms with Crippen molar-refractivity contribution in [2.45, 2.75) is 25.9 Å². The second kappa shape index (κ2) is 8.09. The number of nitrogens with two attached hydrogens (primary N) is 1. The van der Waals surface area contributed by atoms with Gasteiger partial charge in [-0.05, 0) is 55.8 Å². The molecular formula is C20H23N3O4. The third-order valence-electron chi connectivity index (χ3n) is 4.40. The maximum Gasteiger partial charge on any atom is 0.248 e. The zero-order chi connectivity index (χ0) is 19.4. The molecule has 4 N–H and O–H groups in total. The molecule has 2 atom stereocenters. The minimum absolute atomic E-state index is 0.0567. The predicted molar refractivity (Wildman–Crippen MR) is 102 cm³/mol. The molecule has 7 nitrogen and oxygen atoms in total. The van der Waals surface area contributed by atoms with Crippen molar-refractivity contribution in [3.05, 3.63) is 53.6 Å². The summed E-state index contributed by atoms with van der Waals surface area (Å²) in [6.45, 7) is 4.86. The van der Waals surface area contributed by atoms with E-state index in [4.69, 9.17) is 15.2 Å². The lowest BCUT2D eigenvalue weighted by Crippen LogP contribution is -2.39. The lowest BCUT2D eigenvalue weighted by molar-refractivity contribution is -0.117.